The molecule has 0 aliphatic carbocycles. The highest BCUT2D eigenvalue weighted by Crippen LogP contribution is 2.25. The highest BCUT2D eigenvalue weighted by Gasteiger charge is 2.53. The van der Waals surface area contributed by atoms with Gasteiger partial charge in [0.25, 0.3) is 11.8 Å². The fourth-order valence-corrected chi connectivity index (χ4v) is 5.16. The molecule has 8 N–H and O–H groups in total. The van der Waals surface area contributed by atoms with Crippen LogP contribution in [0.5, 0.6) is 0 Å². The van der Waals surface area contributed by atoms with Crippen molar-refractivity contribution in [3.8, 4) is 0 Å². The van der Waals surface area contributed by atoms with Crippen molar-refractivity contribution in [2.75, 3.05) is 91.7 Å². The quantitative estimate of drug-likeness (QED) is 0.0412. The molecule has 2 heterocycles. The Balaban J connectivity index is 2.02. The Hall–Kier alpha value is -4.97. The van der Waals surface area contributed by atoms with Gasteiger partial charge in [0.2, 0.25) is 17.7 Å². The number of hydrazine groups is 1. The number of hydrogen-bond acceptors (Lipinski definition) is 15. The number of esters is 1. The lowest BCUT2D eigenvalue weighted by Gasteiger charge is -2.33. The van der Waals surface area contributed by atoms with Crippen LogP contribution in [0, 0.1) is 0 Å². The fraction of sp³-hybridized carbons (Fsp3) is 0.700. The van der Waals surface area contributed by atoms with Crippen LogP contribution in [0.2, 0.25) is 0 Å². The Morgan fingerprint density at radius 2 is 1.11 bits per heavy atom. The van der Waals surface area contributed by atoms with Crippen LogP contribution >= 0.6 is 0 Å². The number of carboxylic acid groups (broad SMARTS) is 3. The van der Waals surface area contributed by atoms with Gasteiger partial charge < -0.3 is 41.2 Å². The minimum absolute atomic E-state index is 0.0359. The number of nitrogens with two attached hydrogens (primary N) is 1. The number of primary amides is 1. The molecule has 0 aromatic heterocycles. The van der Waals surface area contributed by atoms with E-state index in [0.717, 1.165) is 0 Å². The summed E-state index contributed by atoms with van der Waals surface area (Å²) in [5.41, 5.74) is 7.36. The second-order valence-corrected chi connectivity index (χ2v) is 12.4. The van der Waals surface area contributed by atoms with E-state index in [0.29, 0.717) is 5.01 Å². The molecule has 2 saturated heterocycles. The second kappa shape index (κ2) is 21.5. The number of hydrogen-bond donors (Lipinski definition) is 7. The van der Waals surface area contributed by atoms with E-state index in [4.69, 9.17) is 15.2 Å². The van der Waals surface area contributed by atoms with E-state index in [-0.39, 0.29) is 85.1 Å². The highest BCUT2D eigenvalue weighted by molar-refractivity contribution is 5.97. The van der Waals surface area contributed by atoms with Crippen LogP contribution in [0.4, 0.5) is 0 Å². The predicted octanol–water partition coefficient (Wildman–Crippen LogP) is -5.85. The molecular weight excluding hydrogens is 710 g/mol. The van der Waals surface area contributed by atoms with Gasteiger partial charge in [0.15, 0.2) is 12.2 Å². The van der Waals surface area contributed by atoms with E-state index in [1.807, 2.05) is 0 Å². The van der Waals surface area contributed by atoms with Crippen LogP contribution in [0.1, 0.15) is 20.8 Å². The maximum absolute atomic E-state index is 13.1. The van der Waals surface area contributed by atoms with Gasteiger partial charge in [0.05, 0.1) is 32.8 Å². The summed E-state index contributed by atoms with van der Waals surface area (Å²) < 4.78 is 9.81. The van der Waals surface area contributed by atoms with Crippen molar-refractivity contribution < 1.29 is 67.9 Å². The van der Waals surface area contributed by atoms with Crippen molar-refractivity contribution in [1.82, 2.24) is 40.7 Å². The molecule has 0 radical (unpaired) electrons. The monoisotopic (exact) mass is 759 g/mol. The minimum atomic E-state index is -1.32. The largest absolute Gasteiger partial charge is 0.480 e. The number of epoxide rings is 1. The summed E-state index contributed by atoms with van der Waals surface area (Å²) in [7, 11) is 0. The van der Waals surface area contributed by atoms with Crippen molar-refractivity contribution in [3.63, 3.8) is 0 Å². The third-order valence-electron chi connectivity index (χ3n) is 7.98. The molecule has 4 atom stereocenters. The number of ether oxygens (including phenoxy) is 2. The Morgan fingerprint density at radius 3 is 1.51 bits per heavy atom. The number of carbonyl (C=O) groups is 9. The smallest absolute Gasteiger partial charge is 0.338 e. The first-order valence-electron chi connectivity index (χ1n) is 16.8. The van der Waals surface area contributed by atoms with Crippen LogP contribution in [-0.2, 0) is 52.6 Å². The number of carbonyl (C=O) groups excluding carboxylic acids is 6. The van der Waals surface area contributed by atoms with Gasteiger partial charge in [-0.05, 0) is 20.8 Å². The predicted molar refractivity (Wildman–Crippen MR) is 178 cm³/mol. The highest BCUT2D eigenvalue weighted by atomic mass is 16.6. The summed E-state index contributed by atoms with van der Waals surface area (Å²) in [5, 5.41) is 33.6. The van der Waals surface area contributed by atoms with Crippen LogP contribution < -0.4 is 21.8 Å². The van der Waals surface area contributed by atoms with Gasteiger partial charge in [-0.1, -0.05) is 0 Å². The normalized spacial score (nSPS) is 20.3. The lowest BCUT2D eigenvalue weighted by atomic mass is 10.2. The molecule has 2 unspecified atom stereocenters. The van der Waals surface area contributed by atoms with Crippen LogP contribution in [-0.4, -0.2) is 209 Å². The van der Waals surface area contributed by atoms with Crippen LogP contribution in [0.3, 0.4) is 0 Å². The standard InChI is InChI=1S/C30H49N9O14/c1-4-52-30(51)26-25(53-26)29(50)39(13-20(31)40)34-28(49)19(3)33-27(48)18(2)32-21(41)14-35-5-7-36(15-22(42)43)9-11-38(17-24(46)47)12-10-37(8-6-35)16-23(44)45/h18-19,25-26H,4-17H2,1-3H3,(H2,31,40)(H,32,41)(H,33,48)(H,34,49)(H,42,43)(H,44,45)(H,46,47)/t18?,19?,25-,26-/m0/s1. The van der Waals surface area contributed by atoms with Gasteiger partial charge in [-0.15, -0.1) is 0 Å². The number of carboxylic acids is 3. The molecule has 53 heavy (non-hydrogen) atoms. The molecule has 0 spiro atoms. The molecular formula is C30H49N9O14. The molecule has 5 amide bonds. The molecule has 0 aromatic rings. The summed E-state index contributed by atoms with van der Waals surface area (Å²) in [5.74, 6) is -8.39. The number of aliphatic carboxylic acids is 3. The SMILES string of the molecule is CCOC(=O)[C@H]1O[C@@H]1C(=O)N(CC(N)=O)NC(=O)C(C)NC(=O)C(C)NC(=O)CN1CCN(CC(=O)O)CCN(CC(=O)O)CCN(CC(=O)O)CC1. The zero-order chi connectivity index (χ0) is 39.8. The molecule has 0 aromatic carbocycles. The molecule has 298 valence electrons. The lowest BCUT2D eigenvalue weighted by molar-refractivity contribution is -0.146. The Kier molecular flexibility index (Phi) is 18.0. The minimum Gasteiger partial charge on any atom is -0.480 e. The van der Waals surface area contributed by atoms with Crippen LogP contribution in [0.15, 0.2) is 0 Å². The zero-order valence-corrected chi connectivity index (χ0v) is 29.9. The van der Waals surface area contributed by atoms with Crippen molar-refractivity contribution in [2.24, 2.45) is 5.73 Å². The molecule has 0 bridgehead atoms. The Morgan fingerprint density at radius 1 is 0.698 bits per heavy atom. The number of rotatable bonds is 17. The second-order valence-electron chi connectivity index (χ2n) is 12.4. The van der Waals surface area contributed by atoms with E-state index in [1.165, 1.54) is 13.8 Å². The van der Waals surface area contributed by atoms with Crippen molar-refractivity contribution in [1.29, 1.82) is 0 Å². The summed E-state index contributed by atoms with van der Waals surface area (Å²) in [4.78, 5) is 116. The van der Waals surface area contributed by atoms with Gasteiger partial charge in [0, 0.05) is 52.4 Å². The maximum atomic E-state index is 13.1. The van der Waals surface area contributed by atoms with Gasteiger partial charge >= 0.3 is 23.9 Å². The first-order chi connectivity index (χ1) is 24.9. The van der Waals surface area contributed by atoms with Crippen molar-refractivity contribution in [3.05, 3.63) is 0 Å². The Bertz CT molecular complexity index is 1340. The van der Waals surface area contributed by atoms with Gasteiger partial charge in [0.1, 0.15) is 18.6 Å². The molecule has 0 saturated carbocycles. The summed E-state index contributed by atoms with van der Waals surface area (Å²) in [6.45, 7) is 3.67. The molecule has 2 fully saturated rings. The van der Waals surface area contributed by atoms with Crippen molar-refractivity contribution in [2.45, 2.75) is 45.1 Å². The number of nitrogens with zero attached hydrogens (tertiary/aromatic N) is 5. The van der Waals surface area contributed by atoms with E-state index in [2.05, 4.69) is 16.1 Å². The molecule has 2 aliphatic rings. The summed E-state index contributed by atoms with van der Waals surface area (Å²) in [6.07, 6.45) is -2.54. The number of nitrogens with one attached hydrogen (secondary N) is 3. The maximum Gasteiger partial charge on any atom is 0.338 e. The molecule has 2 aliphatic heterocycles. The Labute approximate surface area is 304 Å². The zero-order valence-electron chi connectivity index (χ0n) is 29.9. The lowest BCUT2D eigenvalue weighted by Crippen LogP contribution is -2.58. The van der Waals surface area contributed by atoms with E-state index < -0.39 is 84.2 Å². The fourth-order valence-electron chi connectivity index (χ4n) is 5.16. The van der Waals surface area contributed by atoms with Gasteiger partial charge in [-0.25, -0.2) is 9.80 Å². The van der Waals surface area contributed by atoms with Gasteiger partial charge in [-0.3, -0.25) is 63.4 Å². The van der Waals surface area contributed by atoms with Crippen molar-refractivity contribution >= 4 is 53.4 Å². The summed E-state index contributed by atoms with van der Waals surface area (Å²) in [6, 6.07) is -2.47. The first kappa shape index (κ1) is 44.2. The van der Waals surface area contributed by atoms with E-state index in [1.54, 1.807) is 26.5 Å². The molecule has 23 nitrogen and oxygen atoms in total. The number of amides is 5. The van der Waals surface area contributed by atoms with Gasteiger partial charge in [-0.2, -0.15) is 0 Å². The first-order valence-corrected chi connectivity index (χ1v) is 16.8. The third kappa shape index (κ3) is 16.5. The average Bonchev–Trinajstić information content (AvgIpc) is 3.85. The summed E-state index contributed by atoms with van der Waals surface area (Å²) >= 11 is 0. The van der Waals surface area contributed by atoms with E-state index in [9.17, 15) is 58.5 Å². The average molecular weight is 760 g/mol. The topological polar surface area (TPSA) is 314 Å². The molecule has 23 heteroatoms. The third-order valence-corrected chi connectivity index (χ3v) is 7.98. The van der Waals surface area contributed by atoms with E-state index >= 15 is 0 Å². The molecule has 2 rings (SSSR count). The van der Waals surface area contributed by atoms with Crippen LogP contribution in [0.25, 0.3) is 0 Å².